The van der Waals surface area contributed by atoms with Gasteiger partial charge in [-0.2, -0.15) is 0 Å². The molecule has 1 saturated heterocycles. The van der Waals surface area contributed by atoms with E-state index in [1.807, 2.05) is 18.2 Å². The Morgan fingerprint density at radius 2 is 2.19 bits per heavy atom. The lowest BCUT2D eigenvalue weighted by atomic mass is 10.1. The molecule has 1 aromatic rings. The first-order chi connectivity index (χ1) is 10.1. The van der Waals surface area contributed by atoms with E-state index >= 15 is 0 Å². The van der Waals surface area contributed by atoms with Crippen molar-refractivity contribution in [2.24, 2.45) is 0 Å². The highest BCUT2D eigenvalue weighted by molar-refractivity contribution is 5.85. The van der Waals surface area contributed by atoms with Gasteiger partial charge in [-0.05, 0) is 50.7 Å². The first-order valence-electron chi connectivity index (χ1n) is 7.44. The zero-order chi connectivity index (χ0) is 15.2. The number of hydrogen-bond acceptors (Lipinski definition) is 3. The third-order valence-electron chi connectivity index (χ3n) is 3.91. The van der Waals surface area contributed by atoms with Gasteiger partial charge in [-0.3, -0.25) is 4.90 Å². The van der Waals surface area contributed by atoms with Crippen LogP contribution in [0.2, 0.25) is 0 Å². The fraction of sp³-hybridized carbons (Fsp3) is 0.471. The van der Waals surface area contributed by atoms with Crippen LogP contribution in [0.4, 0.5) is 0 Å². The van der Waals surface area contributed by atoms with E-state index in [4.69, 9.17) is 5.11 Å². The average molecular weight is 288 g/mol. The summed E-state index contributed by atoms with van der Waals surface area (Å²) in [6.45, 7) is 3.08. The molecule has 1 aliphatic rings. The predicted molar refractivity (Wildman–Crippen MR) is 85.1 cm³/mol. The van der Waals surface area contributed by atoms with Gasteiger partial charge in [0.05, 0.1) is 0 Å². The Hall–Kier alpha value is -1.65. The number of aliphatic carboxylic acids is 1. The number of rotatable bonds is 6. The maximum absolute atomic E-state index is 10.7. The van der Waals surface area contributed by atoms with Crippen molar-refractivity contribution in [3.05, 3.63) is 41.5 Å². The van der Waals surface area contributed by atoms with Crippen molar-refractivity contribution >= 4 is 12.0 Å². The van der Waals surface area contributed by atoms with Crippen LogP contribution in [0, 0.1) is 0 Å². The van der Waals surface area contributed by atoms with Crippen molar-refractivity contribution in [1.29, 1.82) is 0 Å². The number of likely N-dealkylation sites (tertiary alicyclic amines) is 1. The predicted octanol–water partition coefficient (Wildman–Crippen LogP) is 2.31. The Morgan fingerprint density at radius 3 is 2.90 bits per heavy atom. The van der Waals surface area contributed by atoms with E-state index in [0.717, 1.165) is 25.2 Å². The number of hydrogen-bond donors (Lipinski definition) is 1. The van der Waals surface area contributed by atoms with E-state index in [9.17, 15) is 4.79 Å². The average Bonchev–Trinajstić information content (AvgIpc) is 2.84. The standard InChI is InChI=1S/C17H24N2O2/c1-18(2)13-16-8-5-11-19(16)12-15-7-4-3-6-14(15)9-10-17(20)21/h3-4,6-7,9-10,16H,5,8,11-13H2,1-2H3,(H,20,21). The van der Waals surface area contributed by atoms with E-state index in [1.165, 1.54) is 24.5 Å². The molecule has 4 heteroatoms. The van der Waals surface area contributed by atoms with Crippen molar-refractivity contribution in [3.8, 4) is 0 Å². The second-order valence-electron chi connectivity index (χ2n) is 5.90. The molecular formula is C17H24N2O2. The van der Waals surface area contributed by atoms with Gasteiger partial charge >= 0.3 is 5.97 Å². The van der Waals surface area contributed by atoms with Gasteiger partial charge in [-0.25, -0.2) is 4.79 Å². The summed E-state index contributed by atoms with van der Waals surface area (Å²) in [5.41, 5.74) is 2.19. The van der Waals surface area contributed by atoms with Crippen LogP contribution in [0.25, 0.3) is 6.08 Å². The third kappa shape index (κ3) is 4.69. The fourth-order valence-corrected chi connectivity index (χ4v) is 2.95. The zero-order valence-electron chi connectivity index (χ0n) is 12.8. The van der Waals surface area contributed by atoms with Gasteiger partial charge in [0.25, 0.3) is 0 Å². The van der Waals surface area contributed by atoms with Crippen LogP contribution < -0.4 is 0 Å². The zero-order valence-corrected chi connectivity index (χ0v) is 12.8. The molecule has 0 aliphatic carbocycles. The molecule has 0 spiro atoms. The van der Waals surface area contributed by atoms with Gasteiger partial charge in [-0.1, -0.05) is 24.3 Å². The molecule has 0 radical (unpaired) electrons. The van der Waals surface area contributed by atoms with Gasteiger partial charge in [0, 0.05) is 25.2 Å². The third-order valence-corrected chi connectivity index (χ3v) is 3.91. The number of nitrogens with zero attached hydrogens (tertiary/aromatic N) is 2. The van der Waals surface area contributed by atoms with Gasteiger partial charge in [0.1, 0.15) is 0 Å². The Balaban J connectivity index is 2.10. The molecule has 1 unspecified atom stereocenters. The molecule has 1 N–H and O–H groups in total. The molecule has 0 saturated carbocycles. The minimum atomic E-state index is -0.906. The lowest BCUT2D eigenvalue weighted by Crippen LogP contribution is -2.37. The molecule has 1 fully saturated rings. The molecule has 1 aliphatic heterocycles. The van der Waals surface area contributed by atoms with Crippen LogP contribution in [-0.4, -0.2) is 54.1 Å². The number of carboxylic acids is 1. The minimum Gasteiger partial charge on any atom is -0.478 e. The van der Waals surface area contributed by atoms with Crippen LogP contribution >= 0.6 is 0 Å². The molecule has 2 rings (SSSR count). The summed E-state index contributed by atoms with van der Waals surface area (Å²) in [5.74, 6) is -0.906. The normalized spacial score (nSPS) is 19.7. The quantitative estimate of drug-likeness (QED) is 0.816. The lowest BCUT2D eigenvalue weighted by molar-refractivity contribution is -0.131. The van der Waals surface area contributed by atoms with Gasteiger partial charge in [0.2, 0.25) is 0 Å². The van der Waals surface area contributed by atoms with Crippen molar-refractivity contribution in [2.45, 2.75) is 25.4 Å². The number of carboxylic acid groups (broad SMARTS) is 1. The Bertz CT molecular complexity index is 511. The molecule has 0 amide bonds. The maximum Gasteiger partial charge on any atom is 0.328 e. The molecule has 0 aromatic heterocycles. The molecule has 114 valence electrons. The molecule has 21 heavy (non-hydrogen) atoms. The summed E-state index contributed by atoms with van der Waals surface area (Å²) in [5, 5.41) is 8.79. The monoisotopic (exact) mass is 288 g/mol. The lowest BCUT2D eigenvalue weighted by Gasteiger charge is -2.27. The molecule has 1 aromatic carbocycles. The summed E-state index contributed by atoms with van der Waals surface area (Å²) in [7, 11) is 4.22. The van der Waals surface area contributed by atoms with Gasteiger partial charge in [0.15, 0.2) is 0 Å². The fourth-order valence-electron chi connectivity index (χ4n) is 2.95. The van der Waals surface area contributed by atoms with E-state index in [1.54, 1.807) is 6.08 Å². The summed E-state index contributed by atoms with van der Waals surface area (Å²) >= 11 is 0. The highest BCUT2D eigenvalue weighted by atomic mass is 16.4. The van der Waals surface area contributed by atoms with Crippen LogP contribution in [0.1, 0.15) is 24.0 Å². The first kappa shape index (κ1) is 15.7. The molecule has 1 atom stereocenters. The molecule has 4 nitrogen and oxygen atoms in total. The van der Waals surface area contributed by atoms with Gasteiger partial charge in [-0.15, -0.1) is 0 Å². The number of carbonyl (C=O) groups is 1. The summed E-state index contributed by atoms with van der Waals surface area (Å²) in [6, 6.07) is 8.63. The summed E-state index contributed by atoms with van der Waals surface area (Å²) in [4.78, 5) is 15.4. The van der Waals surface area contributed by atoms with E-state index < -0.39 is 5.97 Å². The van der Waals surface area contributed by atoms with Crippen molar-refractivity contribution in [3.63, 3.8) is 0 Å². The van der Waals surface area contributed by atoms with E-state index in [-0.39, 0.29) is 0 Å². The first-order valence-corrected chi connectivity index (χ1v) is 7.44. The smallest absolute Gasteiger partial charge is 0.328 e. The van der Waals surface area contributed by atoms with Crippen LogP contribution in [0.3, 0.4) is 0 Å². The minimum absolute atomic E-state index is 0.594. The molecular weight excluding hydrogens is 264 g/mol. The summed E-state index contributed by atoms with van der Waals surface area (Å²) < 4.78 is 0. The molecule has 1 heterocycles. The SMILES string of the molecule is CN(C)CC1CCCN1Cc1ccccc1C=CC(=O)O. The Morgan fingerprint density at radius 1 is 1.43 bits per heavy atom. The van der Waals surface area contributed by atoms with Crippen molar-refractivity contribution < 1.29 is 9.90 Å². The van der Waals surface area contributed by atoms with Crippen LogP contribution in [0.5, 0.6) is 0 Å². The Labute approximate surface area is 126 Å². The van der Waals surface area contributed by atoms with E-state index in [2.05, 4.69) is 30.0 Å². The highest BCUT2D eigenvalue weighted by Crippen LogP contribution is 2.22. The van der Waals surface area contributed by atoms with Crippen LogP contribution in [-0.2, 0) is 11.3 Å². The molecule has 0 bridgehead atoms. The maximum atomic E-state index is 10.7. The second-order valence-corrected chi connectivity index (χ2v) is 5.90. The summed E-state index contributed by atoms with van der Waals surface area (Å²) in [6.07, 6.45) is 5.38. The van der Waals surface area contributed by atoms with E-state index in [0.29, 0.717) is 6.04 Å². The van der Waals surface area contributed by atoms with Crippen LogP contribution in [0.15, 0.2) is 30.3 Å². The topological polar surface area (TPSA) is 43.8 Å². The van der Waals surface area contributed by atoms with Gasteiger partial charge < -0.3 is 10.0 Å². The largest absolute Gasteiger partial charge is 0.478 e. The second kappa shape index (κ2) is 7.38. The van der Waals surface area contributed by atoms with Crippen molar-refractivity contribution in [2.75, 3.05) is 27.2 Å². The Kier molecular flexibility index (Phi) is 5.53. The highest BCUT2D eigenvalue weighted by Gasteiger charge is 2.25. The van der Waals surface area contributed by atoms with Crippen molar-refractivity contribution in [1.82, 2.24) is 9.80 Å². The number of likely N-dealkylation sites (N-methyl/N-ethyl adjacent to an activating group) is 1. The number of benzene rings is 1.